The van der Waals surface area contributed by atoms with Crippen LogP contribution in [0.25, 0.3) is 10.9 Å². The second kappa shape index (κ2) is 6.40. The molecule has 0 aliphatic heterocycles. The van der Waals surface area contributed by atoms with Crippen LogP contribution in [-0.4, -0.2) is 17.3 Å². The lowest BCUT2D eigenvalue weighted by molar-refractivity contribution is 0.0803. The topological polar surface area (TPSA) is 59.1 Å². The van der Waals surface area contributed by atoms with Crippen LogP contribution >= 0.6 is 22.6 Å². The molecule has 1 heterocycles. The van der Waals surface area contributed by atoms with Crippen molar-refractivity contribution in [1.29, 1.82) is 0 Å². The molecule has 4 nitrogen and oxygen atoms in total. The predicted octanol–water partition coefficient (Wildman–Crippen LogP) is 4.46. The van der Waals surface area contributed by atoms with Crippen LogP contribution in [0.4, 0.5) is 14.5 Å². The molecule has 0 fully saturated rings. The van der Waals surface area contributed by atoms with E-state index in [9.17, 15) is 17.2 Å². The summed E-state index contributed by atoms with van der Waals surface area (Å²) < 4.78 is 51.2. The Bertz CT molecular complexity index is 931. The van der Waals surface area contributed by atoms with E-state index in [4.69, 9.17) is 0 Å². The summed E-state index contributed by atoms with van der Waals surface area (Å²) in [5, 5.41) is 0.801. The van der Waals surface area contributed by atoms with Crippen molar-refractivity contribution in [2.45, 2.75) is 10.4 Å². The molecule has 8 heteroatoms. The van der Waals surface area contributed by atoms with E-state index < -0.39 is 19.9 Å². The molecule has 0 spiro atoms. The van der Waals surface area contributed by atoms with Crippen LogP contribution < -0.4 is 4.72 Å². The SMILES string of the molecule is O=S(=O)(Nc1cccc2cccnc12)C1=CCC(C(F)(F)I)C=C1. The molecule has 1 atom stereocenters. The average molecular weight is 462 g/mol. The highest BCUT2D eigenvalue weighted by atomic mass is 127. The van der Waals surface area contributed by atoms with E-state index in [2.05, 4.69) is 9.71 Å². The number of hydrogen-bond acceptors (Lipinski definition) is 3. The predicted molar refractivity (Wildman–Crippen MR) is 98.6 cm³/mol. The van der Waals surface area contributed by atoms with Crippen molar-refractivity contribution in [2.75, 3.05) is 4.72 Å². The van der Waals surface area contributed by atoms with E-state index >= 15 is 0 Å². The number of halogens is 3. The number of benzene rings is 1. The molecule has 1 aliphatic rings. The minimum atomic E-state index is -3.86. The third-order valence-corrected chi connectivity index (χ3v) is 5.89. The van der Waals surface area contributed by atoms with Crippen molar-refractivity contribution in [2.24, 2.45) is 5.92 Å². The van der Waals surface area contributed by atoms with E-state index in [1.165, 1.54) is 18.2 Å². The summed E-state index contributed by atoms with van der Waals surface area (Å²) >= 11 is 1.06. The van der Waals surface area contributed by atoms with Gasteiger partial charge in [-0.1, -0.05) is 30.4 Å². The number of aromatic nitrogens is 1. The second-order valence-corrected chi connectivity index (χ2v) is 8.46. The Morgan fingerprint density at radius 3 is 2.67 bits per heavy atom. The summed E-state index contributed by atoms with van der Waals surface area (Å²) in [6.45, 7) is 0. The van der Waals surface area contributed by atoms with E-state index in [1.807, 2.05) is 12.1 Å². The van der Waals surface area contributed by atoms with Gasteiger partial charge < -0.3 is 0 Å². The van der Waals surface area contributed by atoms with Crippen LogP contribution in [0.2, 0.25) is 0 Å². The van der Waals surface area contributed by atoms with Gasteiger partial charge in [0.15, 0.2) is 0 Å². The zero-order valence-electron chi connectivity index (χ0n) is 12.3. The molecule has 2 aromatic rings. The van der Waals surface area contributed by atoms with Gasteiger partial charge in [0, 0.05) is 11.6 Å². The summed E-state index contributed by atoms with van der Waals surface area (Å²) in [5.74, 6) is -1.00. The van der Waals surface area contributed by atoms with Gasteiger partial charge in [-0.15, -0.1) is 0 Å². The van der Waals surface area contributed by atoms with Gasteiger partial charge in [-0.05, 0) is 47.2 Å². The summed E-state index contributed by atoms with van der Waals surface area (Å²) in [4.78, 5) is 4.17. The minimum Gasteiger partial charge on any atom is -0.277 e. The molecule has 1 N–H and O–H groups in total. The third kappa shape index (κ3) is 3.59. The molecule has 1 aromatic heterocycles. The Labute approximate surface area is 151 Å². The number of nitrogens with one attached hydrogen (secondary N) is 1. The third-order valence-electron chi connectivity index (χ3n) is 3.67. The molecule has 0 amide bonds. The number of pyridine rings is 1. The highest BCUT2D eigenvalue weighted by molar-refractivity contribution is 14.1. The van der Waals surface area contributed by atoms with Crippen molar-refractivity contribution in [3.05, 3.63) is 59.7 Å². The molecule has 0 bridgehead atoms. The average Bonchev–Trinajstić information content (AvgIpc) is 2.54. The molecule has 3 rings (SSSR count). The number of alkyl halides is 3. The molecule has 1 aliphatic carbocycles. The fraction of sp³-hybridized carbons (Fsp3) is 0.188. The zero-order valence-corrected chi connectivity index (χ0v) is 15.3. The fourth-order valence-corrected chi connectivity index (χ4v) is 4.04. The molecule has 0 saturated heterocycles. The first kappa shape index (κ1) is 17.3. The summed E-state index contributed by atoms with van der Waals surface area (Å²) in [6, 6.07) is 8.75. The second-order valence-electron chi connectivity index (χ2n) is 5.34. The van der Waals surface area contributed by atoms with Gasteiger partial charge in [-0.3, -0.25) is 9.71 Å². The van der Waals surface area contributed by atoms with Crippen LogP contribution in [0, 0.1) is 5.92 Å². The monoisotopic (exact) mass is 462 g/mol. The van der Waals surface area contributed by atoms with E-state index in [-0.39, 0.29) is 11.3 Å². The number of para-hydroxylation sites is 1. The first-order valence-corrected chi connectivity index (χ1v) is 9.65. The Hall–Kier alpha value is -1.55. The van der Waals surface area contributed by atoms with Crippen LogP contribution in [-0.2, 0) is 10.0 Å². The Kier molecular flexibility index (Phi) is 4.60. The van der Waals surface area contributed by atoms with Gasteiger partial charge in [0.25, 0.3) is 10.0 Å². The van der Waals surface area contributed by atoms with Crippen LogP contribution in [0.3, 0.4) is 0 Å². The van der Waals surface area contributed by atoms with Gasteiger partial charge in [-0.2, -0.15) is 8.78 Å². The molecule has 0 radical (unpaired) electrons. The van der Waals surface area contributed by atoms with E-state index in [1.54, 1.807) is 24.4 Å². The standard InChI is InChI=1S/C16H13F2IN2O2S/c17-16(18,19)12-6-8-13(9-7-12)24(22,23)21-14-5-1-3-11-4-2-10-20-15(11)14/h1-6,8-10,12,21H,7H2. The first-order chi connectivity index (χ1) is 11.3. The van der Waals surface area contributed by atoms with Gasteiger partial charge in [0.2, 0.25) is 0 Å². The zero-order chi connectivity index (χ0) is 17.4. The van der Waals surface area contributed by atoms with E-state index in [0.29, 0.717) is 11.2 Å². The van der Waals surface area contributed by atoms with Gasteiger partial charge >= 0.3 is 3.93 Å². The largest absolute Gasteiger partial charge is 0.302 e. The van der Waals surface area contributed by atoms with Crippen molar-refractivity contribution in [1.82, 2.24) is 4.98 Å². The molecule has 1 unspecified atom stereocenters. The molecule has 0 saturated carbocycles. The lowest BCUT2D eigenvalue weighted by Crippen LogP contribution is -2.22. The number of allylic oxidation sites excluding steroid dienone is 3. The molecular formula is C16H13F2IN2O2S. The maximum Gasteiger partial charge on any atom is 0.302 e. The van der Waals surface area contributed by atoms with Gasteiger partial charge in [0.1, 0.15) is 0 Å². The molecule has 1 aromatic carbocycles. The Morgan fingerprint density at radius 2 is 2.00 bits per heavy atom. The minimum absolute atomic E-state index is 0.0210. The normalized spacial score (nSPS) is 18.5. The number of anilines is 1. The number of rotatable bonds is 4. The van der Waals surface area contributed by atoms with Crippen LogP contribution in [0.1, 0.15) is 6.42 Å². The summed E-state index contributed by atoms with van der Waals surface area (Å²) in [6.07, 6.45) is 5.32. The fourth-order valence-electron chi connectivity index (χ4n) is 2.43. The number of sulfonamides is 1. The van der Waals surface area contributed by atoms with Crippen molar-refractivity contribution < 1.29 is 17.2 Å². The molecular weight excluding hydrogens is 449 g/mol. The Balaban J connectivity index is 1.87. The van der Waals surface area contributed by atoms with Gasteiger partial charge in [-0.25, -0.2) is 8.42 Å². The maximum absolute atomic E-state index is 13.3. The lowest BCUT2D eigenvalue weighted by Gasteiger charge is -2.21. The summed E-state index contributed by atoms with van der Waals surface area (Å²) in [7, 11) is -3.86. The maximum atomic E-state index is 13.3. The summed E-state index contributed by atoms with van der Waals surface area (Å²) in [5.41, 5.74) is 0.879. The lowest BCUT2D eigenvalue weighted by atomic mass is 10.0. The van der Waals surface area contributed by atoms with Gasteiger partial charge in [0.05, 0.1) is 22.0 Å². The first-order valence-electron chi connectivity index (χ1n) is 7.09. The van der Waals surface area contributed by atoms with Crippen molar-refractivity contribution in [3.8, 4) is 0 Å². The Morgan fingerprint density at radius 1 is 1.25 bits per heavy atom. The van der Waals surface area contributed by atoms with E-state index in [0.717, 1.165) is 28.0 Å². The van der Waals surface area contributed by atoms with Crippen LogP contribution in [0.5, 0.6) is 0 Å². The number of hydrogen-bond donors (Lipinski definition) is 1. The van der Waals surface area contributed by atoms with Crippen molar-refractivity contribution in [3.63, 3.8) is 0 Å². The highest BCUT2D eigenvalue weighted by Gasteiger charge is 2.35. The van der Waals surface area contributed by atoms with Crippen LogP contribution in [0.15, 0.2) is 59.7 Å². The highest BCUT2D eigenvalue weighted by Crippen LogP contribution is 2.38. The smallest absolute Gasteiger partial charge is 0.277 e. The number of fused-ring (bicyclic) bond motifs is 1. The quantitative estimate of drug-likeness (QED) is 0.539. The molecule has 126 valence electrons. The number of nitrogens with zero attached hydrogens (tertiary/aromatic N) is 1. The molecule has 24 heavy (non-hydrogen) atoms. The van der Waals surface area contributed by atoms with Crippen molar-refractivity contribution >= 4 is 49.2 Å².